The van der Waals surface area contributed by atoms with Crippen LogP contribution < -0.4 is 5.32 Å². The molecule has 0 atom stereocenters. The highest BCUT2D eigenvalue weighted by atomic mass is 16.5. The second kappa shape index (κ2) is 5.28. The number of benzene rings is 2. The molecule has 2 heteroatoms. The summed E-state index contributed by atoms with van der Waals surface area (Å²) in [5.74, 6) is 0. The highest BCUT2D eigenvalue weighted by Gasteiger charge is 2.35. The molecule has 2 aliphatic rings. The van der Waals surface area contributed by atoms with Crippen LogP contribution in [0.1, 0.15) is 36.9 Å². The zero-order chi connectivity index (χ0) is 14.2. The molecule has 4 rings (SSSR count). The Morgan fingerprint density at radius 1 is 0.952 bits per heavy atom. The minimum absolute atomic E-state index is 0.338. The van der Waals surface area contributed by atoms with Crippen LogP contribution in [0.15, 0.2) is 48.5 Å². The Morgan fingerprint density at radius 3 is 2.10 bits per heavy atom. The molecule has 2 aliphatic carbocycles. The summed E-state index contributed by atoms with van der Waals surface area (Å²) >= 11 is 0. The highest BCUT2D eigenvalue weighted by Crippen LogP contribution is 2.44. The van der Waals surface area contributed by atoms with Gasteiger partial charge in [0.05, 0.1) is 12.1 Å². The van der Waals surface area contributed by atoms with Crippen LogP contribution in [0.25, 0.3) is 11.1 Å². The van der Waals surface area contributed by atoms with Gasteiger partial charge in [-0.1, -0.05) is 48.5 Å². The van der Waals surface area contributed by atoms with Crippen LogP contribution in [-0.2, 0) is 4.74 Å². The van der Waals surface area contributed by atoms with Gasteiger partial charge in [-0.25, -0.2) is 0 Å². The van der Waals surface area contributed by atoms with Gasteiger partial charge in [-0.15, -0.1) is 0 Å². The maximum absolute atomic E-state index is 5.67. The van der Waals surface area contributed by atoms with Gasteiger partial charge in [-0.2, -0.15) is 0 Å². The fourth-order valence-corrected chi connectivity index (χ4v) is 3.64. The summed E-state index contributed by atoms with van der Waals surface area (Å²) < 4.78 is 5.67. The average Bonchev–Trinajstić information content (AvgIpc) is 2.80. The van der Waals surface area contributed by atoms with E-state index in [9.17, 15) is 0 Å². The van der Waals surface area contributed by atoms with E-state index in [0.717, 1.165) is 19.4 Å². The molecule has 2 nitrogen and oxygen atoms in total. The van der Waals surface area contributed by atoms with E-state index in [1.54, 1.807) is 0 Å². The summed E-state index contributed by atoms with van der Waals surface area (Å²) in [6, 6.07) is 18.4. The number of nitrogens with one attached hydrogen (secondary N) is 1. The van der Waals surface area contributed by atoms with Crippen molar-refractivity contribution in [2.45, 2.75) is 38.0 Å². The quantitative estimate of drug-likeness (QED) is 0.916. The van der Waals surface area contributed by atoms with Gasteiger partial charge < -0.3 is 10.1 Å². The van der Waals surface area contributed by atoms with Crippen LogP contribution in [0.4, 0.5) is 0 Å². The van der Waals surface area contributed by atoms with Crippen molar-refractivity contribution in [2.24, 2.45) is 0 Å². The van der Waals surface area contributed by atoms with Crippen LogP contribution in [0, 0.1) is 0 Å². The molecule has 21 heavy (non-hydrogen) atoms. The summed E-state index contributed by atoms with van der Waals surface area (Å²) in [5, 5.41) is 3.84. The molecule has 0 saturated heterocycles. The standard InChI is InChI=1S/C19H21NO/c1-2-21-14-11-13(12-14)20-19-17-9-5-3-7-15(17)16-8-4-6-10-18(16)19/h3-10,13-14,19-20H,2,11-12H2,1H3. The Hall–Kier alpha value is -1.64. The van der Waals surface area contributed by atoms with E-state index >= 15 is 0 Å². The van der Waals surface area contributed by atoms with E-state index in [0.29, 0.717) is 18.2 Å². The van der Waals surface area contributed by atoms with E-state index in [-0.39, 0.29) is 0 Å². The molecule has 1 saturated carbocycles. The maximum atomic E-state index is 5.67. The Bertz CT molecular complexity index is 600. The van der Waals surface area contributed by atoms with Crippen molar-refractivity contribution in [2.75, 3.05) is 6.61 Å². The second-order valence-electron chi connectivity index (χ2n) is 6.02. The van der Waals surface area contributed by atoms with Crippen molar-refractivity contribution in [1.82, 2.24) is 5.32 Å². The molecule has 0 bridgehead atoms. The number of hydrogen-bond acceptors (Lipinski definition) is 2. The molecule has 2 aromatic rings. The first kappa shape index (κ1) is 13.1. The number of rotatable bonds is 4. The molecule has 1 fully saturated rings. The largest absolute Gasteiger partial charge is 0.378 e. The van der Waals surface area contributed by atoms with E-state index < -0.39 is 0 Å². The fraction of sp³-hybridized carbons (Fsp3) is 0.368. The summed E-state index contributed by atoms with van der Waals surface area (Å²) in [6.45, 7) is 2.90. The fourth-order valence-electron chi connectivity index (χ4n) is 3.64. The summed E-state index contributed by atoms with van der Waals surface area (Å²) in [4.78, 5) is 0. The molecule has 1 N–H and O–H groups in total. The molecule has 2 aromatic carbocycles. The molecule has 0 amide bonds. The van der Waals surface area contributed by atoms with Crippen LogP contribution in [-0.4, -0.2) is 18.8 Å². The SMILES string of the molecule is CCOC1CC(NC2c3ccccc3-c3ccccc32)C1. The first-order valence-corrected chi connectivity index (χ1v) is 7.92. The van der Waals surface area contributed by atoms with Gasteiger partial charge >= 0.3 is 0 Å². The first-order valence-electron chi connectivity index (χ1n) is 7.92. The van der Waals surface area contributed by atoms with Crippen molar-refractivity contribution >= 4 is 0 Å². The maximum Gasteiger partial charge on any atom is 0.0604 e. The van der Waals surface area contributed by atoms with Gasteiger partial charge in [0.1, 0.15) is 0 Å². The Morgan fingerprint density at radius 2 is 1.52 bits per heavy atom. The Kier molecular flexibility index (Phi) is 3.28. The van der Waals surface area contributed by atoms with Crippen molar-refractivity contribution in [3.05, 3.63) is 59.7 Å². The Labute approximate surface area is 126 Å². The van der Waals surface area contributed by atoms with E-state index in [2.05, 4.69) is 60.8 Å². The molecule has 0 aliphatic heterocycles. The molecule has 0 unspecified atom stereocenters. The van der Waals surface area contributed by atoms with Crippen molar-refractivity contribution in [3.8, 4) is 11.1 Å². The number of fused-ring (bicyclic) bond motifs is 3. The lowest BCUT2D eigenvalue weighted by atomic mass is 9.87. The highest BCUT2D eigenvalue weighted by molar-refractivity contribution is 5.78. The molecular formula is C19H21NO. The van der Waals surface area contributed by atoms with Gasteiger partial charge in [0, 0.05) is 12.6 Å². The third kappa shape index (κ3) is 2.19. The van der Waals surface area contributed by atoms with Gasteiger partial charge in [-0.3, -0.25) is 0 Å². The minimum atomic E-state index is 0.338. The Balaban J connectivity index is 1.58. The van der Waals surface area contributed by atoms with Gasteiger partial charge in [-0.05, 0) is 42.0 Å². The number of ether oxygens (including phenoxy) is 1. The molecule has 0 spiro atoms. The van der Waals surface area contributed by atoms with E-state index in [4.69, 9.17) is 4.74 Å². The number of hydrogen-bond donors (Lipinski definition) is 1. The predicted octanol–water partition coefficient (Wildman–Crippen LogP) is 3.91. The third-order valence-corrected chi connectivity index (χ3v) is 4.73. The minimum Gasteiger partial charge on any atom is -0.378 e. The zero-order valence-electron chi connectivity index (χ0n) is 12.4. The van der Waals surface area contributed by atoms with Crippen molar-refractivity contribution in [3.63, 3.8) is 0 Å². The lowest BCUT2D eigenvalue weighted by Gasteiger charge is -2.37. The molecule has 108 valence electrons. The predicted molar refractivity (Wildman–Crippen MR) is 85.3 cm³/mol. The average molecular weight is 279 g/mol. The van der Waals surface area contributed by atoms with Gasteiger partial charge in [0.15, 0.2) is 0 Å². The van der Waals surface area contributed by atoms with Crippen LogP contribution >= 0.6 is 0 Å². The monoisotopic (exact) mass is 279 g/mol. The second-order valence-corrected chi connectivity index (χ2v) is 6.02. The molecular weight excluding hydrogens is 258 g/mol. The van der Waals surface area contributed by atoms with Gasteiger partial charge in [0.2, 0.25) is 0 Å². The van der Waals surface area contributed by atoms with Crippen molar-refractivity contribution < 1.29 is 4.74 Å². The van der Waals surface area contributed by atoms with Crippen molar-refractivity contribution in [1.29, 1.82) is 0 Å². The first-order chi connectivity index (χ1) is 10.4. The van der Waals surface area contributed by atoms with Crippen LogP contribution in [0.3, 0.4) is 0 Å². The molecule has 0 heterocycles. The van der Waals surface area contributed by atoms with E-state index in [1.807, 2.05) is 0 Å². The normalized spacial score (nSPS) is 23.5. The smallest absolute Gasteiger partial charge is 0.0604 e. The summed E-state index contributed by atoms with van der Waals surface area (Å²) in [6.07, 6.45) is 2.72. The lowest BCUT2D eigenvalue weighted by molar-refractivity contribution is -0.0114. The zero-order valence-corrected chi connectivity index (χ0v) is 12.4. The molecule has 0 radical (unpaired) electrons. The summed E-state index contributed by atoms with van der Waals surface area (Å²) in [5.41, 5.74) is 5.59. The third-order valence-electron chi connectivity index (χ3n) is 4.73. The van der Waals surface area contributed by atoms with E-state index in [1.165, 1.54) is 22.3 Å². The van der Waals surface area contributed by atoms with Crippen LogP contribution in [0.2, 0.25) is 0 Å². The lowest BCUT2D eigenvalue weighted by Crippen LogP contribution is -2.46. The topological polar surface area (TPSA) is 21.3 Å². The molecule has 0 aromatic heterocycles. The van der Waals surface area contributed by atoms with Crippen LogP contribution in [0.5, 0.6) is 0 Å². The summed E-state index contributed by atoms with van der Waals surface area (Å²) in [7, 11) is 0. The van der Waals surface area contributed by atoms with Gasteiger partial charge in [0.25, 0.3) is 0 Å².